The van der Waals surface area contributed by atoms with Gasteiger partial charge in [-0.3, -0.25) is 4.79 Å². The lowest BCUT2D eigenvalue weighted by molar-refractivity contribution is -0.116. The lowest BCUT2D eigenvalue weighted by Gasteiger charge is -2.08. The van der Waals surface area contributed by atoms with E-state index in [9.17, 15) is 4.79 Å². The summed E-state index contributed by atoms with van der Waals surface area (Å²) in [6, 6.07) is 15.6. The third-order valence-electron chi connectivity index (χ3n) is 3.15. The minimum atomic E-state index is 0.0137. The van der Waals surface area contributed by atoms with Crippen LogP contribution in [0.25, 0.3) is 0 Å². The summed E-state index contributed by atoms with van der Waals surface area (Å²) in [7, 11) is 1.64. The van der Waals surface area contributed by atoms with Crippen molar-refractivity contribution in [2.75, 3.05) is 12.4 Å². The molecule has 0 aliphatic rings. The number of methoxy groups -OCH3 is 1. The Balaban J connectivity index is 1.90. The quantitative estimate of drug-likeness (QED) is 0.901. The van der Waals surface area contributed by atoms with Crippen molar-refractivity contribution < 1.29 is 9.53 Å². The fourth-order valence-electron chi connectivity index (χ4n) is 2.02. The van der Waals surface area contributed by atoms with Gasteiger partial charge in [0.05, 0.1) is 7.11 Å². The molecule has 0 aromatic heterocycles. The number of rotatable bonds is 5. The Bertz CT molecular complexity index is 576. The Morgan fingerprint density at radius 3 is 2.50 bits per heavy atom. The molecule has 2 aromatic carbocycles. The second-order valence-corrected chi connectivity index (χ2v) is 4.73. The molecule has 0 fully saturated rings. The number of carbonyl (C=O) groups is 1. The van der Waals surface area contributed by atoms with Crippen LogP contribution in [0, 0.1) is 6.92 Å². The summed E-state index contributed by atoms with van der Waals surface area (Å²) in [6.45, 7) is 2.02. The number of para-hydroxylation sites is 1. The first kappa shape index (κ1) is 14.1. The van der Waals surface area contributed by atoms with Crippen molar-refractivity contribution >= 4 is 11.6 Å². The number of ether oxygens (including phenoxy) is 1. The summed E-state index contributed by atoms with van der Waals surface area (Å²) < 4.78 is 5.28. The van der Waals surface area contributed by atoms with Crippen LogP contribution in [-0.2, 0) is 11.2 Å². The second kappa shape index (κ2) is 6.75. The molecule has 0 aliphatic heterocycles. The highest BCUT2D eigenvalue weighted by Crippen LogP contribution is 2.19. The third-order valence-corrected chi connectivity index (χ3v) is 3.15. The van der Waals surface area contributed by atoms with Gasteiger partial charge in [-0.1, -0.05) is 35.9 Å². The molecule has 0 saturated carbocycles. The lowest BCUT2D eigenvalue weighted by Crippen LogP contribution is -2.12. The van der Waals surface area contributed by atoms with Gasteiger partial charge in [-0.15, -0.1) is 0 Å². The monoisotopic (exact) mass is 269 g/mol. The minimum absolute atomic E-state index is 0.0137. The molecule has 0 heterocycles. The Morgan fingerprint density at radius 1 is 1.10 bits per heavy atom. The van der Waals surface area contributed by atoms with E-state index in [0.29, 0.717) is 12.8 Å². The summed E-state index contributed by atoms with van der Waals surface area (Å²) in [5.74, 6) is 0.843. The van der Waals surface area contributed by atoms with Gasteiger partial charge >= 0.3 is 0 Å². The maximum atomic E-state index is 11.9. The average Bonchev–Trinajstić information content (AvgIpc) is 2.48. The van der Waals surface area contributed by atoms with E-state index in [-0.39, 0.29) is 5.91 Å². The van der Waals surface area contributed by atoms with E-state index in [1.165, 1.54) is 5.56 Å². The van der Waals surface area contributed by atoms with Crippen molar-refractivity contribution in [3.05, 3.63) is 59.7 Å². The Hall–Kier alpha value is -2.29. The van der Waals surface area contributed by atoms with Gasteiger partial charge in [-0.05, 0) is 37.1 Å². The van der Waals surface area contributed by atoms with E-state index in [0.717, 1.165) is 17.0 Å². The zero-order chi connectivity index (χ0) is 14.4. The van der Waals surface area contributed by atoms with Crippen molar-refractivity contribution in [2.24, 2.45) is 0 Å². The van der Waals surface area contributed by atoms with Crippen LogP contribution in [0.4, 0.5) is 5.69 Å². The van der Waals surface area contributed by atoms with E-state index in [2.05, 4.69) is 5.32 Å². The fraction of sp³-hybridized carbons (Fsp3) is 0.235. The molecule has 20 heavy (non-hydrogen) atoms. The van der Waals surface area contributed by atoms with E-state index in [1.54, 1.807) is 7.11 Å². The minimum Gasteiger partial charge on any atom is -0.496 e. The molecule has 0 saturated heterocycles. The van der Waals surface area contributed by atoms with Crippen LogP contribution in [0.15, 0.2) is 48.5 Å². The predicted octanol–water partition coefficient (Wildman–Crippen LogP) is 3.57. The molecule has 0 radical (unpaired) electrons. The van der Waals surface area contributed by atoms with Crippen LogP contribution < -0.4 is 10.1 Å². The van der Waals surface area contributed by atoms with Crippen LogP contribution in [0.5, 0.6) is 5.75 Å². The number of hydrogen-bond acceptors (Lipinski definition) is 2. The fourth-order valence-corrected chi connectivity index (χ4v) is 2.02. The van der Waals surface area contributed by atoms with Gasteiger partial charge in [0.15, 0.2) is 0 Å². The number of benzene rings is 2. The zero-order valence-corrected chi connectivity index (χ0v) is 11.8. The molecule has 1 amide bonds. The molecular weight excluding hydrogens is 250 g/mol. The van der Waals surface area contributed by atoms with E-state index in [4.69, 9.17) is 4.74 Å². The predicted molar refractivity (Wildman–Crippen MR) is 81.1 cm³/mol. The van der Waals surface area contributed by atoms with Gasteiger partial charge in [0, 0.05) is 12.1 Å². The summed E-state index contributed by atoms with van der Waals surface area (Å²) in [6.07, 6.45) is 1.11. The van der Waals surface area contributed by atoms with Crippen molar-refractivity contribution in [3.63, 3.8) is 0 Å². The summed E-state index contributed by atoms with van der Waals surface area (Å²) in [5, 5.41) is 2.90. The maximum absolute atomic E-state index is 11.9. The summed E-state index contributed by atoms with van der Waals surface area (Å²) >= 11 is 0. The van der Waals surface area contributed by atoms with Gasteiger partial charge in [0.25, 0.3) is 0 Å². The zero-order valence-electron chi connectivity index (χ0n) is 11.8. The third kappa shape index (κ3) is 3.85. The van der Waals surface area contributed by atoms with Crippen molar-refractivity contribution in [3.8, 4) is 5.75 Å². The molecule has 2 rings (SSSR count). The van der Waals surface area contributed by atoms with E-state index >= 15 is 0 Å². The molecule has 0 spiro atoms. The number of carbonyl (C=O) groups excluding carboxylic acids is 1. The number of anilines is 1. The van der Waals surface area contributed by atoms with Gasteiger partial charge < -0.3 is 10.1 Å². The van der Waals surface area contributed by atoms with Gasteiger partial charge in [0.1, 0.15) is 5.75 Å². The van der Waals surface area contributed by atoms with Crippen molar-refractivity contribution in [1.82, 2.24) is 0 Å². The van der Waals surface area contributed by atoms with Gasteiger partial charge in [0.2, 0.25) is 5.91 Å². The Morgan fingerprint density at radius 2 is 1.80 bits per heavy atom. The van der Waals surface area contributed by atoms with Crippen LogP contribution in [0.2, 0.25) is 0 Å². The molecule has 3 nitrogen and oxygen atoms in total. The summed E-state index contributed by atoms with van der Waals surface area (Å²) in [5.41, 5.74) is 3.06. The van der Waals surface area contributed by atoms with Crippen LogP contribution in [0.1, 0.15) is 17.5 Å². The normalized spacial score (nSPS) is 10.1. The maximum Gasteiger partial charge on any atom is 0.224 e. The van der Waals surface area contributed by atoms with Gasteiger partial charge in [-0.25, -0.2) is 0 Å². The molecule has 0 bridgehead atoms. The Kier molecular flexibility index (Phi) is 4.77. The first-order valence-corrected chi connectivity index (χ1v) is 6.67. The van der Waals surface area contributed by atoms with Crippen molar-refractivity contribution in [1.29, 1.82) is 0 Å². The highest BCUT2D eigenvalue weighted by atomic mass is 16.5. The largest absolute Gasteiger partial charge is 0.496 e. The number of aryl methyl sites for hydroxylation is 2. The lowest BCUT2D eigenvalue weighted by atomic mass is 10.1. The number of hydrogen-bond donors (Lipinski definition) is 1. The SMILES string of the molecule is COc1ccccc1CCC(=O)Nc1ccc(C)cc1. The Labute approximate surface area is 119 Å². The highest BCUT2D eigenvalue weighted by molar-refractivity contribution is 5.90. The average molecular weight is 269 g/mol. The molecular formula is C17H19NO2. The molecule has 2 aromatic rings. The molecule has 104 valence electrons. The van der Waals surface area contributed by atoms with Crippen LogP contribution in [0.3, 0.4) is 0 Å². The smallest absolute Gasteiger partial charge is 0.224 e. The number of amides is 1. The molecule has 0 unspecified atom stereocenters. The van der Waals surface area contributed by atoms with Crippen molar-refractivity contribution in [2.45, 2.75) is 19.8 Å². The topological polar surface area (TPSA) is 38.3 Å². The molecule has 3 heteroatoms. The second-order valence-electron chi connectivity index (χ2n) is 4.73. The van der Waals surface area contributed by atoms with E-state index in [1.807, 2.05) is 55.5 Å². The highest BCUT2D eigenvalue weighted by Gasteiger charge is 2.06. The molecule has 1 N–H and O–H groups in total. The first-order valence-electron chi connectivity index (χ1n) is 6.67. The molecule has 0 atom stereocenters. The summed E-state index contributed by atoms with van der Waals surface area (Å²) in [4.78, 5) is 11.9. The standard InChI is InChI=1S/C17H19NO2/c1-13-7-10-15(11-8-13)18-17(19)12-9-14-5-3-4-6-16(14)20-2/h3-8,10-11H,9,12H2,1-2H3,(H,18,19). The van der Waals surface area contributed by atoms with Crippen LogP contribution in [-0.4, -0.2) is 13.0 Å². The van der Waals surface area contributed by atoms with E-state index < -0.39 is 0 Å². The van der Waals surface area contributed by atoms with Crippen LogP contribution >= 0.6 is 0 Å². The number of nitrogens with one attached hydrogen (secondary N) is 1. The first-order chi connectivity index (χ1) is 9.69. The molecule has 0 aliphatic carbocycles. The van der Waals surface area contributed by atoms with Gasteiger partial charge in [-0.2, -0.15) is 0 Å².